The number of hydrogen-bond acceptors (Lipinski definition) is 3. The second-order valence-electron chi connectivity index (χ2n) is 6.01. The van der Waals surface area contributed by atoms with Crippen molar-refractivity contribution in [3.63, 3.8) is 0 Å². The van der Waals surface area contributed by atoms with Gasteiger partial charge < -0.3 is 4.74 Å². The second kappa shape index (κ2) is 9.03. The van der Waals surface area contributed by atoms with E-state index in [0.29, 0.717) is 16.1 Å². The van der Waals surface area contributed by atoms with Crippen LogP contribution in [0, 0.1) is 0 Å². The minimum atomic E-state index is -4.50. The average molecular weight is 443 g/mol. The Balaban J connectivity index is 1.93. The van der Waals surface area contributed by atoms with Gasteiger partial charge in [0.1, 0.15) is 5.75 Å². The third-order valence-electron chi connectivity index (χ3n) is 3.64. The van der Waals surface area contributed by atoms with Crippen molar-refractivity contribution in [3.05, 3.63) is 63.6 Å². The van der Waals surface area contributed by atoms with Crippen LogP contribution in [0.5, 0.6) is 5.75 Å². The molecule has 0 spiro atoms. The Hall–Kier alpha value is -2.35. The number of amides is 1. The molecule has 8 heteroatoms. The molecule has 0 aliphatic heterocycles. The number of alkyl halides is 3. The molecular weight excluding hydrogens is 425 g/mol. The summed E-state index contributed by atoms with van der Waals surface area (Å²) in [6.45, 7) is 3.80. The van der Waals surface area contributed by atoms with Crippen molar-refractivity contribution >= 4 is 28.1 Å². The van der Waals surface area contributed by atoms with E-state index < -0.39 is 17.6 Å². The predicted molar refractivity (Wildman–Crippen MR) is 101 cm³/mol. The summed E-state index contributed by atoms with van der Waals surface area (Å²) in [7, 11) is 0. The number of carbonyl (C=O) groups excluding carboxylic acids is 1. The SMILES string of the molecule is CC(C)c1ccc(OCC(=O)NN=Cc2ccccc2C(F)(F)F)c(Br)c1. The number of hydrogen-bond donors (Lipinski definition) is 1. The van der Waals surface area contributed by atoms with Crippen LogP contribution in [0.4, 0.5) is 13.2 Å². The van der Waals surface area contributed by atoms with Gasteiger partial charge >= 0.3 is 6.18 Å². The van der Waals surface area contributed by atoms with Crippen molar-refractivity contribution in [1.29, 1.82) is 0 Å². The van der Waals surface area contributed by atoms with Crippen molar-refractivity contribution in [3.8, 4) is 5.75 Å². The average Bonchev–Trinajstić information content (AvgIpc) is 2.60. The van der Waals surface area contributed by atoms with Crippen molar-refractivity contribution in [2.45, 2.75) is 25.9 Å². The molecule has 4 nitrogen and oxygen atoms in total. The first-order valence-corrected chi connectivity index (χ1v) is 8.88. The highest BCUT2D eigenvalue weighted by Gasteiger charge is 2.32. The van der Waals surface area contributed by atoms with Crippen LogP contribution in [0.1, 0.15) is 36.5 Å². The van der Waals surface area contributed by atoms with Gasteiger partial charge in [0.05, 0.1) is 16.3 Å². The smallest absolute Gasteiger partial charge is 0.417 e. The van der Waals surface area contributed by atoms with Gasteiger partial charge in [0.15, 0.2) is 6.61 Å². The molecule has 2 aromatic rings. The lowest BCUT2D eigenvalue weighted by Gasteiger charge is -2.11. The lowest BCUT2D eigenvalue weighted by Crippen LogP contribution is -2.24. The molecule has 0 bridgehead atoms. The molecular formula is C19H18BrF3N2O2. The standard InChI is InChI=1S/C19H18BrF3N2O2/c1-12(2)13-7-8-17(16(20)9-13)27-11-18(26)25-24-10-14-5-3-4-6-15(14)19(21,22)23/h3-10,12H,11H2,1-2H3,(H,25,26). The van der Waals surface area contributed by atoms with E-state index in [1.165, 1.54) is 18.2 Å². The molecule has 2 rings (SSSR count). The Morgan fingerprint density at radius 3 is 2.59 bits per heavy atom. The number of nitrogens with one attached hydrogen (secondary N) is 1. The molecule has 0 heterocycles. The van der Waals surface area contributed by atoms with E-state index in [1.807, 2.05) is 12.1 Å². The quantitative estimate of drug-likeness (QED) is 0.498. The summed E-state index contributed by atoms with van der Waals surface area (Å²) >= 11 is 3.38. The van der Waals surface area contributed by atoms with Crippen molar-refractivity contribution in [1.82, 2.24) is 5.43 Å². The maximum atomic E-state index is 12.9. The maximum absolute atomic E-state index is 12.9. The molecule has 0 fully saturated rings. The molecule has 0 atom stereocenters. The summed E-state index contributed by atoms with van der Waals surface area (Å²) in [5.41, 5.74) is 2.30. The Kier molecular flexibility index (Phi) is 7.01. The number of ether oxygens (including phenoxy) is 1. The maximum Gasteiger partial charge on any atom is 0.417 e. The van der Waals surface area contributed by atoms with Crippen LogP contribution in [0.2, 0.25) is 0 Å². The van der Waals surface area contributed by atoms with Crippen molar-refractivity contribution in [2.24, 2.45) is 5.10 Å². The van der Waals surface area contributed by atoms with Crippen LogP contribution in [-0.4, -0.2) is 18.7 Å². The highest BCUT2D eigenvalue weighted by molar-refractivity contribution is 9.10. The molecule has 1 N–H and O–H groups in total. The zero-order chi connectivity index (χ0) is 20.0. The summed E-state index contributed by atoms with van der Waals surface area (Å²) < 4.78 is 44.8. The largest absolute Gasteiger partial charge is 0.483 e. The normalized spacial score (nSPS) is 11.8. The number of nitrogens with zero attached hydrogens (tertiary/aromatic N) is 1. The summed E-state index contributed by atoms with van der Waals surface area (Å²) in [6.07, 6.45) is -3.54. The minimum absolute atomic E-state index is 0.141. The first-order chi connectivity index (χ1) is 12.7. The summed E-state index contributed by atoms with van der Waals surface area (Å²) in [5.74, 6) is 0.254. The van der Waals surface area contributed by atoms with E-state index in [-0.39, 0.29) is 12.2 Å². The first-order valence-electron chi connectivity index (χ1n) is 8.09. The van der Waals surface area contributed by atoms with Gasteiger partial charge in [-0.1, -0.05) is 38.1 Å². The molecule has 1 amide bonds. The fourth-order valence-corrected chi connectivity index (χ4v) is 2.72. The molecule has 0 aromatic heterocycles. The van der Waals surface area contributed by atoms with Crippen LogP contribution in [0.3, 0.4) is 0 Å². The van der Waals surface area contributed by atoms with E-state index in [0.717, 1.165) is 17.8 Å². The molecule has 0 radical (unpaired) electrons. The first kappa shape index (κ1) is 21.0. The summed E-state index contributed by atoms with van der Waals surface area (Å²) in [4.78, 5) is 11.8. The molecule has 0 saturated heterocycles. The fraction of sp³-hybridized carbons (Fsp3) is 0.263. The van der Waals surface area contributed by atoms with Gasteiger partial charge in [0, 0.05) is 5.56 Å². The van der Waals surface area contributed by atoms with E-state index in [1.54, 1.807) is 6.07 Å². The highest BCUT2D eigenvalue weighted by atomic mass is 79.9. The highest BCUT2D eigenvalue weighted by Crippen LogP contribution is 2.31. The number of carbonyl (C=O) groups is 1. The zero-order valence-electron chi connectivity index (χ0n) is 14.7. The number of benzene rings is 2. The van der Waals surface area contributed by atoms with E-state index in [2.05, 4.69) is 40.3 Å². The molecule has 0 unspecified atom stereocenters. The minimum Gasteiger partial charge on any atom is -0.483 e. The number of halogens is 4. The summed E-state index contributed by atoms with van der Waals surface area (Å²) in [6, 6.07) is 10.5. The third-order valence-corrected chi connectivity index (χ3v) is 4.26. The van der Waals surface area contributed by atoms with Gasteiger partial charge in [-0.2, -0.15) is 18.3 Å². The predicted octanol–water partition coefficient (Wildman–Crippen LogP) is 5.12. The lowest BCUT2D eigenvalue weighted by molar-refractivity contribution is -0.137. The Morgan fingerprint density at radius 1 is 1.26 bits per heavy atom. The molecule has 0 aliphatic rings. The van der Waals surface area contributed by atoms with Crippen LogP contribution >= 0.6 is 15.9 Å². The van der Waals surface area contributed by atoms with Gasteiger partial charge in [-0.05, 0) is 45.6 Å². The monoisotopic (exact) mass is 442 g/mol. The van der Waals surface area contributed by atoms with Crippen molar-refractivity contribution < 1.29 is 22.7 Å². The Morgan fingerprint density at radius 2 is 1.96 bits per heavy atom. The van der Waals surface area contributed by atoms with Gasteiger partial charge in [-0.25, -0.2) is 5.43 Å². The summed E-state index contributed by atoms with van der Waals surface area (Å²) in [5, 5.41) is 3.57. The Labute approximate surface area is 163 Å². The Bertz CT molecular complexity index is 836. The molecule has 27 heavy (non-hydrogen) atoms. The number of rotatable bonds is 6. The van der Waals surface area contributed by atoms with Gasteiger partial charge in [-0.3, -0.25) is 4.79 Å². The molecule has 2 aromatic carbocycles. The van der Waals surface area contributed by atoms with Crippen molar-refractivity contribution in [2.75, 3.05) is 6.61 Å². The second-order valence-corrected chi connectivity index (χ2v) is 6.87. The van der Waals surface area contributed by atoms with E-state index >= 15 is 0 Å². The fourth-order valence-electron chi connectivity index (χ4n) is 2.21. The third kappa shape index (κ3) is 6.09. The van der Waals surface area contributed by atoms with Gasteiger partial charge in [-0.15, -0.1) is 0 Å². The van der Waals surface area contributed by atoms with Crippen LogP contribution in [0.15, 0.2) is 52.0 Å². The topological polar surface area (TPSA) is 50.7 Å². The molecule has 0 saturated carbocycles. The van der Waals surface area contributed by atoms with Crippen LogP contribution in [0.25, 0.3) is 0 Å². The lowest BCUT2D eigenvalue weighted by atomic mass is 10.0. The number of hydrazone groups is 1. The van der Waals surface area contributed by atoms with E-state index in [4.69, 9.17) is 4.74 Å². The van der Waals surface area contributed by atoms with E-state index in [9.17, 15) is 18.0 Å². The van der Waals surface area contributed by atoms with Crippen LogP contribution < -0.4 is 10.2 Å². The van der Waals surface area contributed by atoms with Gasteiger partial charge in [0.25, 0.3) is 5.91 Å². The zero-order valence-corrected chi connectivity index (χ0v) is 16.3. The van der Waals surface area contributed by atoms with Crippen LogP contribution in [-0.2, 0) is 11.0 Å². The van der Waals surface area contributed by atoms with Gasteiger partial charge in [0.2, 0.25) is 0 Å². The molecule has 144 valence electrons. The molecule has 0 aliphatic carbocycles.